The summed E-state index contributed by atoms with van der Waals surface area (Å²) in [4.78, 5) is 10.8. The first kappa shape index (κ1) is 14.6. The smallest absolute Gasteiger partial charge is 0.333 e. The molecule has 0 amide bonds. The summed E-state index contributed by atoms with van der Waals surface area (Å²) in [7, 11) is 0. The van der Waals surface area contributed by atoms with E-state index in [1.165, 1.54) is 0 Å². The van der Waals surface area contributed by atoms with Crippen LogP contribution in [0, 0.1) is 16.0 Å². The molecule has 0 spiro atoms. The van der Waals surface area contributed by atoms with Crippen LogP contribution in [0.4, 0.5) is 11.4 Å². The highest BCUT2D eigenvalue weighted by atomic mass is 16.6. The van der Waals surface area contributed by atoms with E-state index in [-0.39, 0.29) is 23.5 Å². The minimum atomic E-state index is -0.432. The number of para-hydroxylation sites is 1. The van der Waals surface area contributed by atoms with Crippen LogP contribution in [0.1, 0.15) is 26.2 Å². The maximum Gasteiger partial charge on any atom is 0.333 e. The number of hydrogen-bond donors (Lipinski definition) is 2. The fourth-order valence-corrected chi connectivity index (χ4v) is 2.62. The zero-order valence-corrected chi connectivity index (χ0v) is 11.5. The number of anilines is 1. The zero-order valence-electron chi connectivity index (χ0n) is 11.5. The summed E-state index contributed by atoms with van der Waals surface area (Å²) in [5, 5.41) is 24.1. The molecular weight excluding hydrogens is 260 g/mol. The lowest BCUT2D eigenvalue weighted by Crippen LogP contribution is -2.22. The van der Waals surface area contributed by atoms with Gasteiger partial charge in [0.05, 0.1) is 17.6 Å². The van der Waals surface area contributed by atoms with Gasteiger partial charge in [0.2, 0.25) is 0 Å². The minimum absolute atomic E-state index is 0.0400. The zero-order chi connectivity index (χ0) is 14.5. The molecule has 1 fully saturated rings. The third-order valence-electron chi connectivity index (χ3n) is 3.66. The lowest BCUT2D eigenvalue weighted by Gasteiger charge is -2.16. The number of aliphatic hydroxyl groups excluding tert-OH is 1. The van der Waals surface area contributed by atoms with Crippen molar-refractivity contribution in [3.63, 3.8) is 0 Å². The van der Waals surface area contributed by atoms with Crippen LogP contribution in [-0.2, 0) is 0 Å². The van der Waals surface area contributed by atoms with E-state index in [4.69, 9.17) is 4.74 Å². The summed E-state index contributed by atoms with van der Waals surface area (Å²) < 4.78 is 5.30. The van der Waals surface area contributed by atoms with Crippen molar-refractivity contribution in [1.82, 2.24) is 0 Å². The summed E-state index contributed by atoms with van der Waals surface area (Å²) in [5.41, 5.74) is 0.405. The standard InChI is InChI=1S/C14H20N2O4/c1-2-20-13-8-4-6-11(14(13)16(18)19)15-9-10-5-3-7-12(10)17/h4,6,8,10,12,15,17H,2-3,5,7,9H2,1H3. The SMILES string of the molecule is CCOc1cccc(NCC2CCCC2O)c1[N+](=O)[O-]. The Balaban J connectivity index is 2.13. The molecule has 2 rings (SSSR count). The Kier molecular flexibility index (Phi) is 4.79. The molecule has 0 saturated heterocycles. The van der Waals surface area contributed by atoms with E-state index in [2.05, 4.69) is 5.32 Å². The molecule has 6 heteroatoms. The second-order valence-electron chi connectivity index (χ2n) is 4.98. The van der Waals surface area contributed by atoms with Gasteiger partial charge in [-0.05, 0) is 31.9 Å². The molecule has 20 heavy (non-hydrogen) atoms. The Labute approximate surface area is 117 Å². The van der Waals surface area contributed by atoms with Gasteiger partial charge in [0, 0.05) is 12.5 Å². The second kappa shape index (κ2) is 6.56. The third-order valence-corrected chi connectivity index (χ3v) is 3.66. The lowest BCUT2D eigenvalue weighted by molar-refractivity contribution is -0.384. The molecule has 2 unspecified atom stereocenters. The molecule has 1 aromatic carbocycles. The molecule has 1 aliphatic carbocycles. The van der Waals surface area contributed by atoms with Crippen LogP contribution in [-0.4, -0.2) is 29.3 Å². The normalized spacial score (nSPS) is 21.7. The molecule has 1 aromatic rings. The minimum Gasteiger partial charge on any atom is -0.487 e. The highest BCUT2D eigenvalue weighted by Crippen LogP contribution is 2.35. The number of nitro groups is 1. The molecule has 0 aromatic heterocycles. The van der Waals surface area contributed by atoms with Gasteiger partial charge in [-0.2, -0.15) is 0 Å². The van der Waals surface area contributed by atoms with Gasteiger partial charge in [0.25, 0.3) is 0 Å². The fraction of sp³-hybridized carbons (Fsp3) is 0.571. The van der Waals surface area contributed by atoms with E-state index in [1.807, 2.05) is 0 Å². The van der Waals surface area contributed by atoms with E-state index < -0.39 is 4.92 Å². The molecule has 110 valence electrons. The summed E-state index contributed by atoms with van der Waals surface area (Å²) in [6.45, 7) is 2.71. The number of benzene rings is 1. The van der Waals surface area contributed by atoms with Crippen LogP contribution in [0.15, 0.2) is 18.2 Å². The lowest BCUT2D eigenvalue weighted by atomic mass is 10.1. The summed E-state index contributed by atoms with van der Waals surface area (Å²) in [6, 6.07) is 4.99. The van der Waals surface area contributed by atoms with Crippen molar-refractivity contribution < 1.29 is 14.8 Å². The average Bonchev–Trinajstić information content (AvgIpc) is 2.82. The predicted octanol–water partition coefficient (Wildman–Crippen LogP) is 2.57. The number of nitrogens with zero attached hydrogens (tertiary/aromatic N) is 1. The topological polar surface area (TPSA) is 84.6 Å². The molecule has 6 nitrogen and oxygen atoms in total. The second-order valence-corrected chi connectivity index (χ2v) is 4.98. The monoisotopic (exact) mass is 280 g/mol. The van der Waals surface area contributed by atoms with Gasteiger partial charge in [0.15, 0.2) is 5.75 Å². The molecule has 0 aliphatic heterocycles. The molecule has 0 radical (unpaired) electrons. The van der Waals surface area contributed by atoms with Crippen molar-refractivity contribution in [3.05, 3.63) is 28.3 Å². The van der Waals surface area contributed by atoms with Crippen LogP contribution in [0.3, 0.4) is 0 Å². The Morgan fingerprint density at radius 2 is 2.30 bits per heavy atom. The number of aliphatic hydroxyl groups is 1. The summed E-state index contributed by atoms with van der Waals surface area (Å²) in [6.07, 6.45) is 2.46. The van der Waals surface area contributed by atoms with Crippen molar-refractivity contribution in [2.45, 2.75) is 32.3 Å². The van der Waals surface area contributed by atoms with Crippen molar-refractivity contribution >= 4 is 11.4 Å². The van der Waals surface area contributed by atoms with Crippen LogP contribution >= 0.6 is 0 Å². The Bertz CT molecular complexity index is 478. The molecule has 1 aliphatic rings. The van der Waals surface area contributed by atoms with Crippen LogP contribution in [0.2, 0.25) is 0 Å². The van der Waals surface area contributed by atoms with Crippen molar-refractivity contribution in [2.24, 2.45) is 5.92 Å². The molecule has 1 saturated carbocycles. The third kappa shape index (κ3) is 3.19. The molecule has 2 N–H and O–H groups in total. The Morgan fingerprint density at radius 1 is 1.50 bits per heavy atom. The maximum absolute atomic E-state index is 11.2. The summed E-state index contributed by atoms with van der Waals surface area (Å²) >= 11 is 0. The first-order valence-corrected chi connectivity index (χ1v) is 6.95. The van der Waals surface area contributed by atoms with E-state index in [1.54, 1.807) is 25.1 Å². The Morgan fingerprint density at radius 3 is 2.90 bits per heavy atom. The summed E-state index contributed by atoms with van der Waals surface area (Å²) in [5.74, 6) is 0.430. The largest absolute Gasteiger partial charge is 0.487 e. The van der Waals surface area contributed by atoms with Crippen molar-refractivity contribution in [3.8, 4) is 5.75 Å². The van der Waals surface area contributed by atoms with E-state index >= 15 is 0 Å². The first-order chi connectivity index (χ1) is 9.63. The molecular formula is C14H20N2O4. The van der Waals surface area contributed by atoms with Gasteiger partial charge in [-0.15, -0.1) is 0 Å². The molecule has 0 bridgehead atoms. The van der Waals surface area contributed by atoms with E-state index in [0.717, 1.165) is 19.3 Å². The van der Waals surface area contributed by atoms with Gasteiger partial charge < -0.3 is 15.2 Å². The van der Waals surface area contributed by atoms with Gasteiger partial charge >= 0.3 is 5.69 Å². The number of nitrogens with one attached hydrogen (secondary N) is 1. The molecule has 2 atom stereocenters. The number of rotatable bonds is 6. The maximum atomic E-state index is 11.2. The fourth-order valence-electron chi connectivity index (χ4n) is 2.62. The van der Waals surface area contributed by atoms with Gasteiger partial charge in [-0.3, -0.25) is 10.1 Å². The predicted molar refractivity (Wildman–Crippen MR) is 76.1 cm³/mol. The van der Waals surface area contributed by atoms with Gasteiger partial charge in [-0.1, -0.05) is 12.5 Å². The highest BCUT2D eigenvalue weighted by molar-refractivity contribution is 5.68. The van der Waals surface area contributed by atoms with Gasteiger partial charge in [-0.25, -0.2) is 0 Å². The van der Waals surface area contributed by atoms with E-state index in [9.17, 15) is 15.2 Å². The van der Waals surface area contributed by atoms with Crippen molar-refractivity contribution in [1.29, 1.82) is 0 Å². The number of hydrogen-bond acceptors (Lipinski definition) is 5. The van der Waals surface area contributed by atoms with Crippen LogP contribution in [0.5, 0.6) is 5.75 Å². The van der Waals surface area contributed by atoms with Crippen molar-refractivity contribution in [2.75, 3.05) is 18.5 Å². The van der Waals surface area contributed by atoms with Crippen LogP contribution in [0.25, 0.3) is 0 Å². The van der Waals surface area contributed by atoms with Crippen LogP contribution < -0.4 is 10.1 Å². The average molecular weight is 280 g/mol. The van der Waals surface area contributed by atoms with E-state index in [0.29, 0.717) is 18.8 Å². The number of ether oxygens (including phenoxy) is 1. The molecule has 0 heterocycles. The first-order valence-electron chi connectivity index (χ1n) is 6.95. The Hall–Kier alpha value is -1.82. The van der Waals surface area contributed by atoms with Gasteiger partial charge in [0.1, 0.15) is 5.69 Å². The number of nitro benzene ring substituents is 1. The highest BCUT2D eigenvalue weighted by Gasteiger charge is 2.26. The quantitative estimate of drug-likeness (QED) is 0.618.